The molecule has 0 saturated carbocycles. The second-order valence-electron chi connectivity index (χ2n) is 4.92. The fourth-order valence-electron chi connectivity index (χ4n) is 1.82. The molecule has 0 heterocycles. The van der Waals surface area contributed by atoms with Gasteiger partial charge in [-0.2, -0.15) is 0 Å². The molecule has 0 aromatic heterocycles. The summed E-state index contributed by atoms with van der Waals surface area (Å²) in [7, 11) is 0. The van der Waals surface area contributed by atoms with E-state index < -0.39 is 6.10 Å². The van der Waals surface area contributed by atoms with E-state index in [1.165, 1.54) is 0 Å². The first-order valence-corrected chi connectivity index (χ1v) is 7.29. The van der Waals surface area contributed by atoms with Gasteiger partial charge < -0.3 is 25.0 Å². The summed E-state index contributed by atoms with van der Waals surface area (Å²) in [6, 6.07) is 0. The van der Waals surface area contributed by atoms with Crippen LogP contribution in [-0.4, -0.2) is 62.4 Å². The summed E-state index contributed by atoms with van der Waals surface area (Å²) >= 11 is 0. The van der Waals surface area contributed by atoms with Crippen molar-refractivity contribution in [2.24, 2.45) is 5.41 Å². The molecule has 0 bridgehead atoms. The molecule has 3 N–H and O–H groups in total. The molecular formula is C14H31NO4. The number of nitrogens with one attached hydrogen (secondary N) is 1. The van der Waals surface area contributed by atoms with Crippen LogP contribution in [0.4, 0.5) is 0 Å². The van der Waals surface area contributed by atoms with E-state index in [9.17, 15) is 10.2 Å². The molecule has 5 nitrogen and oxygen atoms in total. The highest BCUT2D eigenvalue weighted by molar-refractivity contribution is 4.78. The molecular weight excluding hydrogens is 246 g/mol. The van der Waals surface area contributed by atoms with Crippen LogP contribution in [0.3, 0.4) is 0 Å². The second-order valence-corrected chi connectivity index (χ2v) is 4.92. The number of ether oxygens (including phenoxy) is 2. The molecule has 0 radical (unpaired) electrons. The monoisotopic (exact) mass is 277 g/mol. The first kappa shape index (κ1) is 18.8. The van der Waals surface area contributed by atoms with Gasteiger partial charge in [-0.15, -0.1) is 0 Å². The van der Waals surface area contributed by atoms with Gasteiger partial charge in [-0.3, -0.25) is 0 Å². The van der Waals surface area contributed by atoms with Crippen molar-refractivity contribution in [3.8, 4) is 0 Å². The SMILES string of the molecule is CCOCCOCC(O)CNCC(CC)(CC)CO. The highest BCUT2D eigenvalue weighted by Crippen LogP contribution is 2.24. The Morgan fingerprint density at radius 2 is 1.74 bits per heavy atom. The third kappa shape index (κ3) is 8.55. The molecule has 0 saturated heterocycles. The van der Waals surface area contributed by atoms with Crippen molar-refractivity contribution in [2.45, 2.75) is 39.7 Å². The van der Waals surface area contributed by atoms with E-state index in [1.54, 1.807) is 0 Å². The minimum Gasteiger partial charge on any atom is -0.396 e. The minimum absolute atomic E-state index is 0.0739. The molecule has 0 spiro atoms. The van der Waals surface area contributed by atoms with E-state index in [0.717, 1.165) is 12.8 Å². The van der Waals surface area contributed by atoms with E-state index in [2.05, 4.69) is 19.2 Å². The molecule has 0 aliphatic rings. The summed E-state index contributed by atoms with van der Waals surface area (Å²) in [6.07, 6.45) is 1.33. The normalized spacial score (nSPS) is 13.7. The molecule has 0 fully saturated rings. The van der Waals surface area contributed by atoms with E-state index in [-0.39, 0.29) is 12.0 Å². The largest absolute Gasteiger partial charge is 0.396 e. The Hall–Kier alpha value is -0.200. The van der Waals surface area contributed by atoms with Gasteiger partial charge >= 0.3 is 0 Å². The Morgan fingerprint density at radius 1 is 1.11 bits per heavy atom. The van der Waals surface area contributed by atoms with E-state index in [4.69, 9.17) is 9.47 Å². The maximum absolute atomic E-state index is 9.73. The maximum Gasteiger partial charge on any atom is 0.0897 e. The third-order valence-electron chi connectivity index (χ3n) is 3.60. The number of aliphatic hydroxyl groups is 2. The zero-order valence-electron chi connectivity index (χ0n) is 12.7. The maximum atomic E-state index is 9.73. The smallest absolute Gasteiger partial charge is 0.0897 e. The molecule has 1 atom stereocenters. The quantitative estimate of drug-likeness (QED) is 0.434. The van der Waals surface area contributed by atoms with Crippen molar-refractivity contribution in [3.05, 3.63) is 0 Å². The van der Waals surface area contributed by atoms with E-state index in [0.29, 0.717) is 39.5 Å². The van der Waals surface area contributed by atoms with E-state index in [1.807, 2.05) is 6.92 Å². The van der Waals surface area contributed by atoms with Crippen molar-refractivity contribution in [1.82, 2.24) is 5.32 Å². The van der Waals surface area contributed by atoms with Crippen LogP contribution in [-0.2, 0) is 9.47 Å². The van der Waals surface area contributed by atoms with Crippen LogP contribution in [0.15, 0.2) is 0 Å². The zero-order valence-corrected chi connectivity index (χ0v) is 12.7. The number of rotatable bonds is 13. The molecule has 0 aromatic rings. The molecule has 19 heavy (non-hydrogen) atoms. The summed E-state index contributed by atoms with van der Waals surface area (Å²) in [5.41, 5.74) is -0.0739. The Kier molecular flexibility index (Phi) is 11.5. The lowest BCUT2D eigenvalue weighted by atomic mass is 9.83. The first-order chi connectivity index (χ1) is 9.14. The van der Waals surface area contributed by atoms with Crippen LogP contribution in [0, 0.1) is 5.41 Å². The second kappa shape index (κ2) is 11.6. The lowest BCUT2D eigenvalue weighted by molar-refractivity contribution is 0.00489. The van der Waals surface area contributed by atoms with Crippen molar-refractivity contribution >= 4 is 0 Å². The number of aliphatic hydroxyl groups excluding tert-OH is 2. The van der Waals surface area contributed by atoms with Crippen molar-refractivity contribution in [2.75, 3.05) is 46.1 Å². The predicted molar refractivity (Wildman–Crippen MR) is 76.3 cm³/mol. The Balaban J connectivity index is 3.64. The molecule has 0 amide bonds. The molecule has 5 heteroatoms. The fraction of sp³-hybridized carbons (Fsp3) is 1.00. The molecule has 0 aliphatic heterocycles. The standard InChI is InChI=1S/C14H31NO4/c1-4-14(5-2,12-16)11-15-9-13(17)10-19-8-7-18-6-3/h13,15-17H,4-12H2,1-3H3. The average molecular weight is 277 g/mol. The van der Waals surface area contributed by atoms with Crippen LogP contribution in [0.25, 0.3) is 0 Å². The van der Waals surface area contributed by atoms with Gasteiger partial charge in [-0.1, -0.05) is 13.8 Å². The summed E-state index contributed by atoms with van der Waals surface area (Å²) in [4.78, 5) is 0. The first-order valence-electron chi connectivity index (χ1n) is 7.29. The van der Waals surface area contributed by atoms with Crippen LogP contribution in [0.2, 0.25) is 0 Å². The van der Waals surface area contributed by atoms with Crippen LogP contribution >= 0.6 is 0 Å². The number of hydrogen-bond donors (Lipinski definition) is 3. The number of hydrogen-bond acceptors (Lipinski definition) is 5. The molecule has 0 rings (SSSR count). The van der Waals surface area contributed by atoms with Gasteiger partial charge in [0.2, 0.25) is 0 Å². The van der Waals surface area contributed by atoms with Crippen LogP contribution in [0.5, 0.6) is 0 Å². The lowest BCUT2D eigenvalue weighted by Gasteiger charge is -2.30. The highest BCUT2D eigenvalue weighted by Gasteiger charge is 2.24. The Morgan fingerprint density at radius 3 is 2.26 bits per heavy atom. The van der Waals surface area contributed by atoms with Crippen molar-refractivity contribution < 1.29 is 19.7 Å². The Labute approximate surface area is 117 Å². The summed E-state index contributed by atoms with van der Waals surface area (Å²) in [5, 5.41) is 22.4. The van der Waals surface area contributed by atoms with Gasteiger partial charge in [-0.25, -0.2) is 0 Å². The summed E-state index contributed by atoms with van der Waals surface area (Å²) in [6.45, 7) is 9.54. The average Bonchev–Trinajstić information content (AvgIpc) is 2.44. The van der Waals surface area contributed by atoms with Gasteiger partial charge in [0.25, 0.3) is 0 Å². The molecule has 0 aliphatic carbocycles. The molecule has 116 valence electrons. The Bertz CT molecular complexity index is 190. The minimum atomic E-state index is -0.522. The van der Waals surface area contributed by atoms with Crippen molar-refractivity contribution in [1.29, 1.82) is 0 Å². The van der Waals surface area contributed by atoms with E-state index >= 15 is 0 Å². The summed E-state index contributed by atoms with van der Waals surface area (Å²) < 4.78 is 10.4. The van der Waals surface area contributed by atoms with Crippen molar-refractivity contribution in [3.63, 3.8) is 0 Å². The van der Waals surface area contributed by atoms with Gasteiger partial charge in [-0.05, 0) is 19.8 Å². The van der Waals surface area contributed by atoms with Gasteiger partial charge in [0.1, 0.15) is 0 Å². The lowest BCUT2D eigenvalue weighted by Crippen LogP contribution is -2.40. The molecule has 0 aromatic carbocycles. The molecule has 1 unspecified atom stereocenters. The topological polar surface area (TPSA) is 71.0 Å². The predicted octanol–water partition coefficient (Wildman–Crippen LogP) is 0.789. The third-order valence-corrected chi connectivity index (χ3v) is 3.60. The highest BCUT2D eigenvalue weighted by atomic mass is 16.5. The van der Waals surface area contributed by atoms with Crippen LogP contribution in [0.1, 0.15) is 33.6 Å². The zero-order chi connectivity index (χ0) is 14.6. The van der Waals surface area contributed by atoms with Gasteiger partial charge in [0, 0.05) is 31.7 Å². The van der Waals surface area contributed by atoms with Crippen LogP contribution < -0.4 is 5.32 Å². The van der Waals surface area contributed by atoms with Gasteiger partial charge in [0.15, 0.2) is 0 Å². The summed E-state index contributed by atoms with van der Waals surface area (Å²) in [5.74, 6) is 0. The fourth-order valence-corrected chi connectivity index (χ4v) is 1.82. The van der Waals surface area contributed by atoms with Gasteiger partial charge in [0.05, 0.1) is 25.9 Å².